The van der Waals surface area contributed by atoms with Crippen LogP contribution in [0.3, 0.4) is 0 Å². The highest BCUT2D eigenvalue weighted by Gasteiger charge is 2.25. The quantitative estimate of drug-likeness (QED) is 0.853. The van der Waals surface area contributed by atoms with Gasteiger partial charge < -0.3 is 0 Å². The number of ketones is 1. The lowest BCUT2D eigenvalue weighted by molar-refractivity contribution is 0.102. The summed E-state index contributed by atoms with van der Waals surface area (Å²) in [6.45, 7) is 9.63. The first-order chi connectivity index (χ1) is 11.3. The summed E-state index contributed by atoms with van der Waals surface area (Å²) >= 11 is 0. The summed E-state index contributed by atoms with van der Waals surface area (Å²) in [5.74, 6) is -0.579. The third kappa shape index (κ3) is 3.37. The Morgan fingerprint density at radius 2 is 1.92 bits per heavy atom. The van der Waals surface area contributed by atoms with Crippen molar-refractivity contribution in [2.75, 3.05) is 0 Å². The normalized spacial score (nSPS) is 11.1. The maximum absolute atomic E-state index is 13.1. The van der Waals surface area contributed by atoms with E-state index in [9.17, 15) is 14.4 Å². The number of pyridine rings is 1. The molecule has 0 unspecified atom stereocenters. The van der Waals surface area contributed by atoms with E-state index in [2.05, 4.69) is 9.97 Å². The smallest absolute Gasteiger partial charge is 0.290 e. The van der Waals surface area contributed by atoms with Crippen molar-refractivity contribution >= 4 is 5.78 Å². The van der Waals surface area contributed by atoms with Crippen LogP contribution in [0.15, 0.2) is 21.7 Å². The first-order valence-electron chi connectivity index (χ1n) is 8.13. The number of hydrogen-bond acceptors (Lipinski definition) is 4. The minimum Gasteiger partial charge on any atom is -0.290 e. The fourth-order valence-corrected chi connectivity index (χ4v) is 2.88. The van der Waals surface area contributed by atoms with E-state index in [4.69, 9.17) is 0 Å². The second-order valence-electron chi connectivity index (χ2n) is 6.33. The zero-order valence-corrected chi connectivity index (χ0v) is 14.8. The average molecular weight is 329 g/mol. The fourth-order valence-electron chi connectivity index (χ4n) is 2.88. The number of rotatable bonds is 5. The molecular formula is C18H23N3O3. The van der Waals surface area contributed by atoms with Crippen LogP contribution in [0.5, 0.6) is 0 Å². The first-order valence-corrected chi connectivity index (χ1v) is 8.13. The van der Waals surface area contributed by atoms with Gasteiger partial charge in [0.2, 0.25) is 5.78 Å². The predicted molar refractivity (Wildman–Crippen MR) is 92.8 cm³/mol. The average Bonchev–Trinajstić information content (AvgIpc) is 2.47. The first kappa shape index (κ1) is 17.8. The van der Waals surface area contributed by atoms with Crippen molar-refractivity contribution < 1.29 is 4.79 Å². The van der Waals surface area contributed by atoms with Crippen LogP contribution in [0, 0.1) is 13.8 Å². The van der Waals surface area contributed by atoms with Gasteiger partial charge >= 0.3 is 5.69 Å². The lowest BCUT2D eigenvalue weighted by Crippen LogP contribution is -2.38. The molecule has 0 spiro atoms. The lowest BCUT2D eigenvalue weighted by atomic mass is 9.98. The number of aromatic nitrogens is 3. The van der Waals surface area contributed by atoms with Gasteiger partial charge in [-0.2, -0.15) is 0 Å². The minimum atomic E-state index is -0.557. The van der Waals surface area contributed by atoms with Gasteiger partial charge in [0.1, 0.15) is 11.4 Å². The third-order valence-corrected chi connectivity index (χ3v) is 3.81. The van der Waals surface area contributed by atoms with E-state index in [0.29, 0.717) is 18.5 Å². The molecule has 0 radical (unpaired) electrons. The van der Waals surface area contributed by atoms with Crippen molar-refractivity contribution in [3.05, 3.63) is 61.2 Å². The maximum atomic E-state index is 13.1. The standard InChI is InChI=1S/C18H23N3O3/c1-6-7-21-15(14(10(2)3)17(23)20-18(21)24)16(22)13-9-11(4)8-12(5)19-13/h8-10H,6-7H2,1-5H3,(H,20,23,24). The number of nitrogens with one attached hydrogen (secondary N) is 1. The Morgan fingerprint density at radius 3 is 2.46 bits per heavy atom. The maximum Gasteiger partial charge on any atom is 0.328 e. The fraction of sp³-hybridized carbons (Fsp3) is 0.444. The zero-order chi connectivity index (χ0) is 18.0. The summed E-state index contributed by atoms with van der Waals surface area (Å²) in [5.41, 5.74) is 1.30. The van der Waals surface area contributed by atoms with Crippen molar-refractivity contribution in [3.8, 4) is 0 Å². The van der Waals surface area contributed by atoms with E-state index in [0.717, 1.165) is 11.3 Å². The van der Waals surface area contributed by atoms with Crippen LogP contribution in [0.1, 0.15) is 66.1 Å². The Labute approximate surface area is 140 Å². The van der Waals surface area contributed by atoms with Crippen LogP contribution >= 0.6 is 0 Å². The predicted octanol–water partition coefficient (Wildman–Crippen LogP) is 2.31. The summed E-state index contributed by atoms with van der Waals surface area (Å²) in [5, 5.41) is 0. The topological polar surface area (TPSA) is 84.8 Å². The number of hydrogen-bond donors (Lipinski definition) is 1. The summed E-state index contributed by atoms with van der Waals surface area (Å²) in [7, 11) is 0. The van der Waals surface area contributed by atoms with Gasteiger partial charge in [-0.05, 0) is 43.9 Å². The van der Waals surface area contributed by atoms with Crippen molar-refractivity contribution in [1.29, 1.82) is 0 Å². The van der Waals surface area contributed by atoms with Crippen molar-refractivity contribution in [1.82, 2.24) is 14.5 Å². The lowest BCUT2D eigenvalue weighted by Gasteiger charge is -2.16. The molecule has 2 heterocycles. The number of carbonyl (C=O) groups is 1. The molecule has 2 rings (SSSR count). The van der Waals surface area contributed by atoms with Gasteiger partial charge in [0.25, 0.3) is 5.56 Å². The molecule has 0 aliphatic heterocycles. The molecule has 0 atom stereocenters. The number of H-pyrrole nitrogens is 1. The highest BCUT2D eigenvalue weighted by atomic mass is 16.2. The van der Waals surface area contributed by atoms with Gasteiger partial charge in [0, 0.05) is 17.8 Å². The van der Waals surface area contributed by atoms with Gasteiger partial charge in [0.05, 0.1) is 0 Å². The second-order valence-corrected chi connectivity index (χ2v) is 6.33. The highest BCUT2D eigenvalue weighted by Crippen LogP contribution is 2.18. The van der Waals surface area contributed by atoms with Crippen LogP contribution in [-0.2, 0) is 6.54 Å². The summed E-state index contributed by atoms with van der Waals surface area (Å²) in [4.78, 5) is 44.2. The molecule has 6 heteroatoms. The highest BCUT2D eigenvalue weighted by molar-refractivity contribution is 6.07. The monoisotopic (exact) mass is 329 g/mol. The van der Waals surface area contributed by atoms with Crippen LogP contribution in [0.4, 0.5) is 0 Å². The van der Waals surface area contributed by atoms with Crippen molar-refractivity contribution in [3.63, 3.8) is 0 Å². The molecule has 0 saturated carbocycles. The molecule has 0 saturated heterocycles. The Hall–Kier alpha value is -2.50. The Bertz CT molecular complexity index is 871. The van der Waals surface area contributed by atoms with E-state index in [1.807, 2.05) is 40.7 Å². The molecular weight excluding hydrogens is 306 g/mol. The van der Waals surface area contributed by atoms with Crippen molar-refractivity contribution in [2.24, 2.45) is 0 Å². The number of nitrogens with zero attached hydrogens (tertiary/aromatic N) is 2. The van der Waals surface area contributed by atoms with Gasteiger partial charge in [-0.15, -0.1) is 0 Å². The van der Waals surface area contributed by atoms with E-state index in [-0.39, 0.29) is 23.1 Å². The minimum absolute atomic E-state index is 0.151. The summed E-state index contributed by atoms with van der Waals surface area (Å²) < 4.78 is 1.36. The molecule has 6 nitrogen and oxygen atoms in total. The molecule has 2 aromatic rings. The largest absolute Gasteiger partial charge is 0.328 e. The number of aromatic amines is 1. The molecule has 0 fully saturated rings. The van der Waals surface area contributed by atoms with Gasteiger partial charge in [0.15, 0.2) is 0 Å². The second kappa shape index (κ2) is 6.95. The molecule has 2 aromatic heterocycles. The summed E-state index contributed by atoms with van der Waals surface area (Å²) in [6.07, 6.45) is 0.671. The molecule has 0 aliphatic rings. The third-order valence-electron chi connectivity index (χ3n) is 3.81. The van der Waals surface area contributed by atoms with Gasteiger partial charge in [-0.1, -0.05) is 20.8 Å². The van der Waals surface area contributed by atoms with Crippen molar-refractivity contribution in [2.45, 2.75) is 53.5 Å². The summed E-state index contributed by atoms with van der Waals surface area (Å²) in [6, 6.07) is 3.55. The van der Waals surface area contributed by atoms with E-state index < -0.39 is 11.2 Å². The molecule has 0 aliphatic carbocycles. The Balaban J connectivity index is 2.81. The van der Waals surface area contributed by atoms with Crippen LogP contribution in [0.2, 0.25) is 0 Å². The van der Waals surface area contributed by atoms with Crippen LogP contribution in [-0.4, -0.2) is 20.3 Å². The molecule has 128 valence electrons. The van der Waals surface area contributed by atoms with E-state index in [1.54, 1.807) is 6.07 Å². The molecule has 0 bridgehead atoms. The number of carbonyl (C=O) groups excluding carboxylic acids is 1. The van der Waals surface area contributed by atoms with Crippen LogP contribution in [0.25, 0.3) is 0 Å². The van der Waals surface area contributed by atoms with Crippen LogP contribution < -0.4 is 11.2 Å². The molecule has 1 N–H and O–H groups in total. The Kier molecular flexibility index (Phi) is 5.17. The molecule has 0 amide bonds. The zero-order valence-electron chi connectivity index (χ0n) is 14.8. The molecule has 24 heavy (non-hydrogen) atoms. The number of aryl methyl sites for hydroxylation is 2. The van der Waals surface area contributed by atoms with Gasteiger partial charge in [-0.25, -0.2) is 9.78 Å². The van der Waals surface area contributed by atoms with E-state index >= 15 is 0 Å². The SMILES string of the molecule is CCCn1c(C(=O)c2cc(C)cc(C)n2)c(C(C)C)c(=O)[nH]c1=O. The van der Waals surface area contributed by atoms with E-state index in [1.165, 1.54) is 4.57 Å². The molecule has 0 aromatic carbocycles. The Morgan fingerprint density at radius 1 is 1.25 bits per heavy atom. The van der Waals surface area contributed by atoms with Gasteiger partial charge in [-0.3, -0.25) is 19.1 Å².